The Labute approximate surface area is 74.9 Å². The molecule has 0 saturated heterocycles. The molecule has 0 aromatic carbocycles. The quantitative estimate of drug-likeness (QED) is 0.586. The van der Waals surface area contributed by atoms with Crippen molar-refractivity contribution < 1.29 is 4.79 Å². The third-order valence-corrected chi connectivity index (χ3v) is 2.73. The van der Waals surface area contributed by atoms with Gasteiger partial charge in [-0.1, -0.05) is 32.3 Å². The lowest BCUT2D eigenvalue weighted by atomic mass is 9.98. The zero-order valence-corrected chi connectivity index (χ0v) is 7.94. The van der Waals surface area contributed by atoms with Crippen LogP contribution >= 0.6 is 0 Å². The van der Waals surface area contributed by atoms with E-state index in [-0.39, 0.29) is 5.78 Å². The summed E-state index contributed by atoms with van der Waals surface area (Å²) < 4.78 is 0. The van der Waals surface area contributed by atoms with Crippen molar-refractivity contribution in [3.8, 4) is 0 Å². The number of hydrogen-bond donors (Lipinski definition) is 0. The summed E-state index contributed by atoms with van der Waals surface area (Å²) in [5.41, 5.74) is 0.716. The molecule has 1 aliphatic carbocycles. The van der Waals surface area contributed by atoms with Crippen LogP contribution in [0.4, 0.5) is 0 Å². The Balaban J connectivity index is 2.16. The average molecular weight is 166 g/mol. The van der Waals surface area contributed by atoms with Crippen LogP contribution in [0.3, 0.4) is 0 Å². The van der Waals surface area contributed by atoms with E-state index < -0.39 is 0 Å². The van der Waals surface area contributed by atoms with Gasteiger partial charge in [-0.05, 0) is 24.8 Å². The monoisotopic (exact) mass is 166 g/mol. The number of ketones is 1. The summed E-state index contributed by atoms with van der Waals surface area (Å²) in [4.78, 5) is 11.2. The topological polar surface area (TPSA) is 17.1 Å². The van der Waals surface area contributed by atoms with Crippen molar-refractivity contribution in [2.24, 2.45) is 5.92 Å². The van der Waals surface area contributed by atoms with Gasteiger partial charge >= 0.3 is 0 Å². The van der Waals surface area contributed by atoms with E-state index in [0.717, 1.165) is 18.8 Å². The van der Waals surface area contributed by atoms with Crippen LogP contribution in [0.5, 0.6) is 0 Å². The van der Waals surface area contributed by atoms with Gasteiger partial charge in [0, 0.05) is 6.42 Å². The van der Waals surface area contributed by atoms with Crippen molar-refractivity contribution >= 4 is 5.78 Å². The summed E-state index contributed by atoms with van der Waals surface area (Å²) in [6, 6.07) is 0. The predicted molar refractivity (Wildman–Crippen MR) is 51.0 cm³/mol. The largest absolute Gasteiger partial charge is 0.295 e. The number of allylic oxidation sites excluding steroid dienone is 1. The lowest BCUT2D eigenvalue weighted by Gasteiger charge is -2.06. The van der Waals surface area contributed by atoms with E-state index in [0.29, 0.717) is 5.57 Å². The van der Waals surface area contributed by atoms with Crippen molar-refractivity contribution in [1.82, 2.24) is 0 Å². The minimum absolute atomic E-state index is 0.252. The second-order valence-electron chi connectivity index (χ2n) is 3.89. The molecule has 0 spiro atoms. The lowest BCUT2D eigenvalue weighted by molar-refractivity contribution is -0.115. The SMILES string of the molecule is C=C(C)C(=O)CCC1CCCC1. The molecule has 0 atom stereocenters. The molecule has 0 heterocycles. The summed E-state index contributed by atoms with van der Waals surface area (Å²) >= 11 is 0. The minimum atomic E-state index is 0.252. The normalized spacial score (nSPS) is 18.1. The third-order valence-electron chi connectivity index (χ3n) is 2.73. The van der Waals surface area contributed by atoms with Crippen LogP contribution in [0.25, 0.3) is 0 Å². The Morgan fingerprint density at radius 1 is 1.42 bits per heavy atom. The smallest absolute Gasteiger partial charge is 0.157 e. The molecule has 0 aromatic heterocycles. The molecule has 1 rings (SSSR count). The van der Waals surface area contributed by atoms with Crippen molar-refractivity contribution in [3.63, 3.8) is 0 Å². The Morgan fingerprint density at radius 2 is 2.00 bits per heavy atom. The first kappa shape index (κ1) is 9.50. The summed E-state index contributed by atoms with van der Waals surface area (Å²) in [6.45, 7) is 5.45. The zero-order valence-electron chi connectivity index (χ0n) is 7.94. The van der Waals surface area contributed by atoms with Crippen LogP contribution in [0, 0.1) is 5.92 Å². The van der Waals surface area contributed by atoms with Crippen LogP contribution in [0.15, 0.2) is 12.2 Å². The Kier molecular flexibility index (Phi) is 3.51. The molecule has 0 bridgehead atoms. The third kappa shape index (κ3) is 2.80. The molecule has 1 nitrogen and oxygen atoms in total. The standard InChI is InChI=1S/C11H18O/c1-9(2)11(12)8-7-10-5-3-4-6-10/h10H,1,3-8H2,2H3. The molecule has 1 aliphatic rings. The fourth-order valence-electron chi connectivity index (χ4n) is 1.85. The van der Waals surface area contributed by atoms with Gasteiger partial charge in [0.05, 0.1) is 0 Å². The van der Waals surface area contributed by atoms with Gasteiger partial charge in [-0.2, -0.15) is 0 Å². The number of carbonyl (C=O) groups excluding carboxylic acids is 1. The average Bonchev–Trinajstić information content (AvgIpc) is 2.51. The number of rotatable bonds is 4. The van der Waals surface area contributed by atoms with Crippen molar-refractivity contribution in [2.45, 2.75) is 45.4 Å². The fourth-order valence-corrected chi connectivity index (χ4v) is 1.85. The second-order valence-corrected chi connectivity index (χ2v) is 3.89. The predicted octanol–water partition coefficient (Wildman–Crippen LogP) is 3.10. The van der Waals surface area contributed by atoms with E-state index in [4.69, 9.17) is 0 Å². The van der Waals surface area contributed by atoms with Gasteiger partial charge in [-0.3, -0.25) is 4.79 Å². The summed E-state index contributed by atoms with van der Waals surface area (Å²) in [5, 5.41) is 0. The van der Waals surface area contributed by atoms with Crippen molar-refractivity contribution in [2.75, 3.05) is 0 Å². The first-order valence-corrected chi connectivity index (χ1v) is 4.89. The maximum atomic E-state index is 11.2. The molecule has 68 valence electrons. The summed E-state index contributed by atoms with van der Waals surface area (Å²) in [7, 11) is 0. The molecule has 0 aromatic rings. The minimum Gasteiger partial charge on any atom is -0.295 e. The first-order valence-electron chi connectivity index (χ1n) is 4.89. The number of Topliss-reactive ketones (excluding diaryl/α,β-unsaturated/α-hetero) is 1. The van der Waals surface area contributed by atoms with Gasteiger partial charge < -0.3 is 0 Å². The molecule has 0 aliphatic heterocycles. The van der Waals surface area contributed by atoms with Crippen LogP contribution in [0.1, 0.15) is 45.4 Å². The fraction of sp³-hybridized carbons (Fsp3) is 0.727. The van der Waals surface area contributed by atoms with Crippen LogP contribution in [-0.2, 0) is 4.79 Å². The zero-order chi connectivity index (χ0) is 8.97. The first-order chi connectivity index (χ1) is 5.70. The van der Waals surface area contributed by atoms with E-state index in [1.807, 2.05) is 0 Å². The Bertz CT molecular complexity index is 175. The molecular formula is C11H18O. The lowest BCUT2D eigenvalue weighted by Crippen LogP contribution is -2.02. The molecule has 1 fully saturated rings. The van der Waals surface area contributed by atoms with E-state index >= 15 is 0 Å². The van der Waals surface area contributed by atoms with Gasteiger partial charge in [0.25, 0.3) is 0 Å². The van der Waals surface area contributed by atoms with Gasteiger partial charge in [0.2, 0.25) is 0 Å². The molecule has 0 N–H and O–H groups in total. The molecule has 1 heteroatoms. The van der Waals surface area contributed by atoms with Gasteiger partial charge in [0.1, 0.15) is 0 Å². The maximum Gasteiger partial charge on any atom is 0.157 e. The second kappa shape index (κ2) is 4.44. The highest BCUT2D eigenvalue weighted by molar-refractivity contribution is 5.93. The van der Waals surface area contributed by atoms with E-state index in [9.17, 15) is 4.79 Å². The van der Waals surface area contributed by atoms with Crippen LogP contribution in [0.2, 0.25) is 0 Å². The Morgan fingerprint density at radius 3 is 2.50 bits per heavy atom. The molecule has 12 heavy (non-hydrogen) atoms. The molecular weight excluding hydrogens is 148 g/mol. The summed E-state index contributed by atoms with van der Waals surface area (Å²) in [6.07, 6.45) is 7.22. The van der Waals surface area contributed by atoms with Crippen molar-refractivity contribution in [3.05, 3.63) is 12.2 Å². The van der Waals surface area contributed by atoms with Crippen molar-refractivity contribution in [1.29, 1.82) is 0 Å². The van der Waals surface area contributed by atoms with Crippen LogP contribution < -0.4 is 0 Å². The van der Waals surface area contributed by atoms with E-state index in [2.05, 4.69) is 6.58 Å². The van der Waals surface area contributed by atoms with Gasteiger partial charge in [-0.25, -0.2) is 0 Å². The number of carbonyl (C=O) groups is 1. The van der Waals surface area contributed by atoms with Crippen LogP contribution in [-0.4, -0.2) is 5.78 Å². The molecule has 0 amide bonds. The molecule has 0 radical (unpaired) electrons. The molecule has 0 unspecified atom stereocenters. The van der Waals surface area contributed by atoms with Gasteiger partial charge in [-0.15, -0.1) is 0 Å². The highest BCUT2D eigenvalue weighted by atomic mass is 16.1. The highest BCUT2D eigenvalue weighted by Crippen LogP contribution is 2.28. The van der Waals surface area contributed by atoms with E-state index in [1.54, 1.807) is 6.92 Å². The molecule has 1 saturated carbocycles. The Hall–Kier alpha value is -0.590. The van der Waals surface area contributed by atoms with E-state index in [1.165, 1.54) is 25.7 Å². The van der Waals surface area contributed by atoms with Gasteiger partial charge in [0.15, 0.2) is 5.78 Å². The highest BCUT2D eigenvalue weighted by Gasteiger charge is 2.15. The number of hydrogen-bond acceptors (Lipinski definition) is 1. The maximum absolute atomic E-state index is 11.2. The summed E-state index contributed by atoms with van der Waals surface area (Å²) in [5.74, 6) is 1.08.